The second-order valence-electron chi connectivity index (χ2n) is 3.06. The molecule has 0 unspecified atom stereocenters. The number of rotatable bonds is 1. The summed E-state index contributed by atoms with van der Waals surface area (Å²) in [5, 5.41) is 3.36. The van der Waals surface area contributed by atoms with Crippen molar-refractivity contribution in [3.63, 3.8) is 0 Å². The summed E-state index contributed by atoms with van der Waals surface area (Å²) in [4.78, 5) is 0. The van der Waals surface area contributed by atoms with E-state index in [4.69, 9.17) is 4.42 Å². The van der Waals surface area contributed by atoms with Crippen LogP contribution in [0.1, 0.15) is 24.5 Å². The van der Waals surface area contributed by atoms with Crippen molar-refractivity contribution in [3.8, 4) is 0 Å². The van der Waals surface area contributed by atoms with Crippen molar-refractivity contribution < 1.29 is 4.42 Å². The summed E-state index contributed by atoms with van der Waals surface area (Å²) in [6.07, 6.45) is 4.29. The van der Waals surface area contributed by atoms with E-state index in [0.29, 0.717) is 5.92 Å². The molecule has 2 heterocycles. The largest absolute Gasteiger partial charge is 0.469 e. The van der Waals surface area contributed by atoms with Crippen LogP contribution in [0.4, 0.5) is 0 Å². The summed E-state index contributed by atoms with van der Waals surface area (Å²) >= 11 is 0. The minimum Gasteiger partial charge on any atom is -0.469 e. The molecule has 0 spiro atoms. The first-order valence-corrected chi connectivity index (χ1v) is 4.21. The Balaban J connectivity index is 2.04. The average Bonchev–Trinajstić information content (AvgIpc) is 2.58. The first kappa shape index (κ1) is 6.92. The Labute approximate surface area is 66.6 Å². The van der Waals surface area contributed by atoms with Gasteiger partial charge in [-0.05, 0) is 31.5 Å². The number of nitrogens with one attached hydrogen (secondary N) is 1. The standard InChI is InChI=1S/C9H13NO/c1-3-8(7-10-5-1)9-4-2-6-11-9/h2,4,6,8,10H,1,3,5,7H2/t8-/m1/s1. The summed E-state index contributed by atoms with van der Waals surface area (Å²) in [5.74, 6) is 1.75. The van der Waals surface area contributed by atoms with Gasteiger partial charge in [0.15, 0.2) is 0 Å². The van der Waals surface area contributed by atoms with E-state index in [1.807, 2.05) is 6.07 Å². The van der Waals surface area contributed by atoms with Crippen LogP contribution in [0.25, 0.3) is 0 Å². The SMILES string of the molecule is c1coc([C@@H]2CCCNC2)c1. The molecule has 2 heteroatoms. The maximum Gasteiger partial charge on any atom is 0.108 e. The Morgan fingerprint density at radius 2 is 2.55 bits per heavy atom. The van der Waals surface area contributed by atoms with Gasteiger partial charge in [0.1, 0.15) is 5.76 Å². The highest BCUT2D eigenvalue weighted by molar-refractivity contribution is 5.06. The van der Waals surface area contributed by atoms with Gasteiger partial charge in [-0.1, -0.05) is 0 Å². The van der Waals surface area contributed by atoms with Crippen LogP contribution in [0.5, 0.6) is 0 Å². The molecule has 11 heavy (non-hydrogen) atoms. The molecule has 1 aromatic rings. The molecule has 1 N–H and O–H groups in total. The highest BCUT2D eigenvalue weighted by Gasteiger charge is 2.16. The molecule has 2 nitrogen and oxygen atoms in total. The van der Waals surface area contributed by atoms with Gasteiger partial charge in [-0.15, -0.1) is 0 Å². The van der Waals surface area contributed by atoms with Crippen molar-refractivity contribution in [1.82, 2.24) is 5.32 Å². The van der Waals surface area contributed by atoms with Crippen LogP contribution in [0.15, 0.2) is 22.8 Å². The number of hydrogen-bond acceptors (Lipinski definition) is 2. The van der Waals surface area contributed by atoms with Crippen LogP contribution in [-0.4, -0.2) is 13.1 Å². The van der Waals surface area contributed by atoms with Crippen molar-refractivity contribution in [2.24, 2.45) is 0 Å². The lowest BCUT2D eigenvalue weighted by molar-refractivity contribution is 0.388. The van der Waals surface area contributed by atoms with E-state index in [0.717, 1.165) is 18.8 Å². The lowest BCUT2D eigenvalue weighted by atomic mass is 9.97. The number of furan rings is 1. The topological polar surface area (TPSA) is 25.2 Å². The Morgan fingerprint density at radius 3 is 3.18 bits per heavy atom. The van der Waals surface area contributed by atoms with Crippen molar-refractivity contribution in [2.45, 2.75) is 18.8 Å². The fourth-order valence-electron chi connectivity index (χ4n) is 1.62. The summed E-state index contributed by atoms with van der Waals surface area (Å²) in [6, 6.07) is 4.03. The summed E-state index contributed by atoms with van der Waals surface area (Å²) in [7, 11) is 0. The second-order valence-corrected chi connectivity index (χ2v) is 3.06. The van der Waals surface area contributed by atoms with E-state index in [9.17, 15) is 0 Å². The Kier molecular flexibility index (Phi) is 1.95. The zero-order valence-electron chi connectivity index (χ0n) is 6.55. The molecule has 1 aliphatic heterocycles. The zero-order valence-corrected chi connectivity index (χ0v) is 6.55. The minimum absolute atomic E-state index is 0.610. The molecule has 0 radical (unpaired) electrons. The van der Waals surface area contributed by atoms with E-state index in [-0.39, 0.29) is 0 Å². The van der Waals surface area contributed by atoms with E-state index < -0.39 is 0 Å². The van der Waals surface area contributed by atoms with Crippen LogP contribution in [0.2, 0.25) is 0 Å². The van der Waals surface area contributed by atoms with Gasteiger partial charge >= 0.3 is 0 Å². The van der Waals surface area contributed by atoms with Crippen molar-refractivity contribution in [1.29, 1.82) is 0 Å². The predicted molar refractivity (Wildman–Crippen MR) is 43.6 cm³/mol. The van der Waals surface area contributed by atoms with Gasteiger partial charge in [-0.2, -0.15) is 0 Å². The fourth-order valence-corrected chi connectivity index (χ4v) is 1.62. The fraction of sp³-hybridized carbons (Fsp3) is 0.556. The van der Waals surface area contributed by atoms with Crippen LogP contribution >= 0.6 is 0 Å². The van der Waals surface area contributed by atoms with Crippen LogP contribution in [0, 0.1) is 0 Å². The average molecular weight is 151 g/mol. The highest BCUT2D eigenvalue weighted by Crippen LogP contribution is 2.22. The summed E-state index contributed by atoms with van der Waals surface area (Å²) < 4.78 is 5.33. The third-order valence-electron chi connectivity index (χ3n) is 2.24. The first-order chi connectivity index (χ1) is 5.47. The Hall–Kier alpha value is -0.760. The van der Waals surface area contributed by atoms with E-state index in [1.54, 1.807) is 6.26 Å². The highest BCUT2D eigenvalue weighted by atomic mass is 16.3. The molecule has 2 rings (SSSR count). The number of piperidine rings is 1. The molecule has 1 aliphatic rings. The smallest absolute Gasteiger partial charge is 0.108 e. The van der Waals surface area contributed by atoms with Gasteiger partial charge in [0.2, 0.25) is 0 Å². The van der Waals surface area contributed by atoms with Crippen LogP contribution in [0.3, 0.4) is 0 Å². The maximum atomic E-state index is 5.33. The molecule has 1 saturated heterocycles. The molecule has 60 valence electrons. The third kappa shape index (κ3) is 1.46. The predicted octanol–water partition coefficient (Wildman–Crippen LogP) is 1.75. The zero-order chi connectivity index (χ0) is 7.52. The van der Waals surface area contributed by atoms with Crippen LogP contribution < -0.4 is 5.32 Å². The van der Waals surface area contributed by atoms with Crippen LogP contribution in [-0.2, 0) is 0 Å². The molecular weight excluding hydrogens is 138 g/mol. The van der Waals surface area contributed by atoms with Crippen molar-refractivity contribution >= 4 is 0 Å². The Morgan fingerprint density at radius 1 is 1.55 bits per heavy atom. The molecule has 0 saturated carbocycles. The molecule has 0 aliphatic carbocycles. The lowest BCUT2D eigenvalue weighted by Gasteiger charge is -2.20. The normalized spacial score (nSPS) is 25.3. The minimum atomic E-state index is 0.610. The van der Waals surface area contributed by atoms with E-state index in [1.165, 1.54) is 12.8 Å². The van der Waals surface area contributed by atoms with Gasteiger partial charge < -0.3 is 9.73 Å². The molecular formula is C9H13NO. The maximum absolute atomic E-state index is 5.33. The van der Waals surface area contributed by atoms with Gasteiger partial charge in [0, 0.05) is 12.5 Å². The van der Waals surface area contributed by atoms with E-state index >= 15 is 0 Å². The van der Waals surface area contributed by atoms with Gasteiger partial charge in [-0.3, -0.25) is 0 Å². The molecule has 0 aromatic carbocycles. The van der Waals surface area contributed by atoms with Gasteiger partial charge in [0.05, 0.1) is 6.26 Å². The molecule has 0 amide bonds. The van der Waals surface area contributed by atoms with E-state index in [2.05, 4.69) is 11.4 Å². The quantitative estimate of drug-likeness (QED) is 0.661. The second kappa shape index (κ2) is 3.09. The van der Waals surface area contributed by atoms with Crippen molar-refractivity contribution in [2.75, 3.05) is 13.1 Å². The number of hydrogen-bond donors (Lipinski definition) is 1. The van der Waals surface area contributed by atoms with Gasteiger partial charge in [0.25, 0.3) is 0 Å². The molecule has 1 aromatic heterocycles. The third-order valence-corrected chi connectivity index (χ3v) is 2.24. The molecule has 0 bridgehead atoms. The molecule has 1 atom stereocenters. The first-order valence-electron chi connectivity index (χ1n) is 4.21. The van der Waals surface area contributed by atoms with Crippen molar-refractivity contribution in [3.05, 3.63) is 24.2 Å². The summed E-state index contributed by atoms with van der Waals surface area (Å²) in [5.41, 5.74) is 0. The molecule has 1 fully saturated rings. The Bertz CT molecular complexity index is 199. The summed E-state index contributed by atoms with van der Waals surface area (Å²) in [6.45, 7) is 2.24. The monoisotopic (exact) mass is 151 g/mol. The lowest BCUT2D eigenvalue weighted by Crippen LogP contribution is -2.28. The van der Waals surface area contributed by atoms with Gasteiger partial charge in [-0.25, -0.2) is 0 Å².